The van der Waals surface area contributed by atoms with Gasteiger partial charge in [-0.1, -0.05) is 27.7 Å². The zero-order chi connectivity index (χ0) is 9.72. The van der Waals surface area contributed by atoms with E-state index in [0.717, 1.165) is 17.4 Å². The van der Waals surface area contributed by atoms with E-state index in [0.29, 0.717) is 6.10 Å². The molecule has 0 N–H and O–H groups in total. The first-order valence-corrected chi connectivity index (χ1v) is 6.46. The summed E-state index contributed by atoms with van der Waals surface area (Å²) in [6.07, 6.45) is 0.427. The molecule has 12 heavy (non-hydrogen) atoms. The van der Waals surface area contributed by atoms with Crippen LogP contribution in [-0.2, 0) is 4.43 Å². The van der Waals surface area contributed by atoms with E-state index in [9.17, 15) is 0 Å². The average Bonchev–Trinajstić information content (AvgIpc) is 1.84. The van der Waals surface area contributed by atoms with Crippen LogP contribution in [0.3, 0.4) is 0 Å². The molecule has 0 aliphatic heterocycles. The Morgan fingerprint density at radius 2 is 1.25 bits per heavy atom. The second-order valence-corrected chi connectivity index (χ2v) is 6.14. The van der Waals surface area contributed by atoms with E-state index in [2.05, 4.69) is 41.5 Å². The van der Waals surface area contributed by atoms with E-state index in [4.69, 9.17) is 4.43 Å². The largest absolute Gasteiger partial charge is 0.421 e. The lowest BCUT2D eigenvalue weighted by Crippen LogP contribution is -2.21. The maximum Gasteiger partial charge on any atom is 0.165 e. The molecule has 0 fully saturated rings. The second kappa shape index (κ2) is 5.76. The van der Waals surface area contributed by atoms with Crippen molar-refractivity contribution in [2.45, 2.75) is 53.2 Å². The Balaban J connectivity index is 3.80. The van der Waals surface area contributed by atoms with Crippen molar-refractivity contribution in [2.24, 2.45) is 11.8 Å². The number of hydrogen-bond donors (Lipinski definition) is 0. The fourth-order valence-electron chi connectivity index (χ4n) is 1.46. The third-order valence-electron chi connectivity index (χ3n) is 2.33. The topological polar surface area (TPSA) is 9.23 Å². The SMILES string of the molecule is CC(C)O[SiH2]C(C(C)C)C(C)C. The minimum atomic E-state index is -0.317. The van der Waals surface area contributed by atoms with Crippen LogP contribution < -0.4 is 0 Å². The van der Waals surface area contributed by atoms with Crippen molar-refractivity contribution in [3.8, 4) is 0 Å². The van der Waals surface area contributed by atoms with Gasteiger partial charge in [0.2, 0.25) is 0 Å². The third-order valence-corrected chi connectivity index (χ3v) is 5.46. The van der Waals surface area contributed by atoms with Crippen LogP contribution in [0.2, 0.25) is 5.54 Å². The maximum absolute atomic E-state index is 5.77. The molecule has 0 saturated carbocycles. The van der Waals surface area contributed by atoms with Crippen LogP contribution >= 0.6 is 0 Å². The van der Waals surface area contributed by atoms with E-state index >= 15 is 0 Å². The molecule has 0 amide bonds. The first-order valence-electron chi connectivity index (χ1n) is 5.06. The highest BCUT2D eigenvalue weighted by Gasteiger charge is 2.18. The lowest BCUT2D eigenvalue weighted by molar-refractivity contribution is 0.239. The summed E-state index contributed by atoms with van der Waals surface area (Å²) >= 11 is 0. The van der Waals surface area contributed by atoms with Gasteiger partial charge in [0.1, 0.15) is 0 Å². The summed E-state index contributed by atoms with van der Waals surface area (Å²) in [5, 5.41) is 0. The molecule has 2 heteroatoms. The fourth-order valence-corrected chi connectivity index (χ4v) is 2.84. The maximum atomic E-state index is 5.77. The molecule has 0 rings (SSSR count). The molecule has 0 unspecified atom stereocenters. The molecule has 0 aromatic heterocycles. The number of rotatable bonds is 5. The van der Waals surface area contributed by atoms with E-state index in [1.807, 2.05) is 0 Å². The van der Waals surface area contributed by atoms with Crippen LogP contribution in [0.1, 0.15) is 41.5 Å². The van der Waals surface area contributed by atoms with Gasteiger partial charge in [0, 0.05) is 6.10 Å². The van der Waals surface area contributed by atoms with Gasteiger partial charge in [0.15, 0.2) is 9.76 Å². The minimum absolute atomic E-state index is 0.317. The predicted molar refractivity (Wildman–Crippen MR) is 58.2 cm³/mol. The smallest absolute Gasteiger partial charge is 0.165 e. The summed E-state index contributed by atoms with van der Waals surface area (Å²) < 4.78 is 5.77. The van der Waals surface area contributed by atoms with Crippen molar-refractivity contribution in [1.29, 1.82) is 0 Å². The molecule has 0 heterocycles. The van der Waals surface area contributed by atoms with E-state index < -0.39 is 0 Å². The Kier molecular flexibility index (Phi) is 5.84. The van der Waals surface area contributed by atoms with Crippen molar-refractivity contribution >= 4 is 9.76 Å². The molecule has 0 aliphatic rings. The second-order valence-electron chi connectivity index (χ2n) is 4.53. The molecule has 1 nitrogen and oxygen atoms in total. The Hall–Kier alpha value is 0.177. The van der Waals surface area contributed by atoms with Gasteiger partial charge >= 0.3 is 0 Å². The Bertz CT molecular complexity index is 102. The van der Waals surface area contributed by atoms with Gasteiger partial charge in [-0.05, 0) is 31.2 Å². The lowest BCUT2D eigenvalue weighted by Gasteiger charge is -2.24. The fraction of sp³-hybridized carbons (Fsp3) is 1.00. The zero-order valence-corrected chi connectivity index (χ0v) is 10.8. The van der Waals surface area contributed by atoms with Gasteiger partial charge in [-0.15, -0.1) is 0 Å². The molecule has 0 aromatic carbocycles. The molecule has 0 spiro atoms. The summed E-state index contributed by atoms with van der Waals surface area (Å²) in [7, 11) is -0.317. The summed E-state index contributed by atoms with van der Waals surface area (Å²) in [5.74, 6) is 1.57. The summed E-state index contributed by atoms with van der Waals surface area (Å²) in [4.78, 5) is 0. The molecule has 0 atom stereocenters. The van der Waals surface area contributed by atoms with Crippen LogP contribution in [0.25, 0.3) is 0 Å². The molecule has 0 aromatic rings. The van der Waals surface area contributed by atoms with Crippen LogP contribution in [0.5, 0.6) is 0 Å². The molecular formula is C10H24OSi. The van der Waals surface area contributed by atoms with Crippen LogP contribution in [0, 0.1) is 11.8 Å². The highest BCUT2D eigenvalue weighted by molar-refractivity contribution is 6.29. The van der Waals surface area contributed by atoms with Crippen molar-refractivity contribution in [3.63, 3.8) is 0 Å². The van der Waals surface area contributed by atoms with Crippen LogP contribution in [-0.4, -0.2) is 15.9 Å². The minimum Gasteiger partial charge on any atom is -0.421 e. The quantitative estimate of drug-likeness (QED) is 0.603. The standard InChI is InChI=1S/C10H24OSi/c1-7(2)10(8(3)4)12-11-9(5)6/h7-10H,12H2,1-6H3. The van der Waals surface area contributed by atoms with Crippen molar-refractivity contribution < 1.29 is 4.43 Å². The van der Waals surface area contributed by atoms with E-state index in [-0.39, 0.29) is 9.76 Å². The van der Waals surface area contributed by atoms with Crippen LogP contribution in [0.15, 0.2) is 0 Å². The Morgan fingerprint density at radius 3 is 1.50 bits per heavy atom. The Labute approximate surface area is 79.8 Å². The van der Waals surface area contributed by atoms with E-state index in [1.54, 1.807) is 0 Å². The monoisotopic (exact) mass is 188 g/mol. The highest BCUT2D eigenvalue weighted by atomic mass is 28.2. The van der Waals surface area contributed by atoms with Gasteiger partial charge in [0.25, 0.3) is 0 Å². The van der Waals surface area contributed by atoms with E-state index in [1.165, 1.54) is 0 Å². The number of hydrogen-bond acceptors (Lipinski definition) is 1. The van der Waals surface area contributed by atoms with Crippen molar-refractivity contribution in [2.75, 3.05) is 0 Å². The first kappa shape index (κ1) is 12.2. The normalized spacial score (nSPS) is 13.5. The van der Waals surface area contributed by atoms with Gasteiger partial charge in [-0.3, -0.25) is 0 Å². The third kappa shape index (κ3) is 4.94. The van der Waals surface area contributed by atoms with Gasteiger partial charge in [-0.25, -0.2) is 0 Å². The average molecular weight is 188 g/mol. The lowest BCUT2D eigenvalue weighted by atomic mass is 10.00. The zero-order valence-electron chi connectivity index (χ0n) is 9.42. The van der Waals surface area contributed by atoms with Gasteiger partial charge in [0.05, 0.1) is 0 Å². The molecule has 74 valence electrons. The van der Waals surface area contributed by atoms with Gasteiger partial charge in [-0.2, -0.15) is 0 Å². The highest BCUT2D eigenvalue weighted by Crippen LogP contribution is 2.25. The van der Waals surface area contributed by atoms with Gasteiger partial charge < -0.3 is 4.43 Å². The predicted octanol–water partition coefficient (Wildman–Crippen LogP) is 2.60. The summed E-state index contributed by atoms with van der Waals surface area (Å²) in [5.41, 5.74) is 0.840. The van der Waals surface area contributed by atoms with Crippen molar-refractivity contribution in [3.05, 3.63) is 0 Å². The molecule has 0 bridgehead atoms. The molecule has 0 aliphatic carbocycles. The first-order chi connectivity index (χ1) is 5.45. The Morgan fingerprint density at radius 1 is 0.833 bits per heavy atom. The summed E-state index contributed by atoms with van der Waals surface area (Å²) in [6, 6.07) is 0. The van der Waals surface area contributed by atoms with Crippen molar-refractivity contribution in [1.82, 2.24) is 0 Å². The molecule has 0 radical (unpaired) electrons. The summed E-state index contributed by atoms with van der Waals surface area (Å²) in [6.45, 7) is 13.5. The molecular weight excluding hydrogens is 164 g/mol. The molecule has 0 saturated heterocycles. The van der Waals surface area contributed by atoms with Crippen LogP contribution in [0.4, 0.5) is 0 Å².